The summed E-state index contributed by atoms with van der Waals surface area (Å²) in [4.78, 5) is 12.0. The molecule has 4 heterocycles. The van der Waals surface area contributed by atoms with Crippen molar-refractivity contribution in [2.75, 3.05) is 55.7 Å². The summed E-state index contributed by atoms with van der Waals surface area (Å²) in [7, 11) is 0. The van der Waals surface area contributed by atoms with Gasteiger partial charge in [0.1, 0.15) is 18.4 Å². The first-order chi connectivity index (χ1) is 16.7. The van der Waals surface area contributed by atoms with Crippen molar-refractivity contribution in [2.24, 2.45) is 0 Å². The number of benzene rings is 2. The molecule has 174 valence electrons. The van der Waals surface area contributed by atoms with Crippen molar-refractivity contribution in [3.8, 4) is 11.8 Å². The van der Waals surface area contributed by atoms with Gasteiger partial charge in [-0.3, -0.25) is 9.88 Å². The molecule has 34 heavy (non-hydrogen) atoms. The van der Waals surface area contributed by atoms with Crippen molar-refractivity contribution in [1.29, 1.82) is 5.26 Å². The van der Waals surface area contributed by atoms with E-state index >= 15 is 0 Å². The Kier molecular flexibility index (Phi) is 5.48. The Hall–Kier alpha value is -3.34. The molecule has 0 amide bonds. The van der Waals surface area contributed by atoms with Gasteiger partial charge in [-0.1, -0.05) is 12.1 Å². The summed E-state index contributed by atoms with van der Waals surface area (Å²) in [5.74, 6) is 1.06. The highest BCUT2D eigenvalue weighted by Crippen LogP contribution is 2.38. The van der Waals surface area contributed by atoms with Crippen LogP contribution in [0, 0.1) is 11.3 Å². The van der Waals surface area contributed by atoms with Crippen LogP contribution in [-0.4, -0.2) is 67.8 Å². The van der Waals surface area contributed by atoms with Crippen molar-refractivity contribution >= 4 is 22.3 Å². The first kappa shape index (κ1) is 21.2. The lowest BCUT2D eigenvalue weighted by molar-refractivity contribution is 0.0892. The summed E-state index contributed by atoms with van der Waals surface area (Å²) >= 11 is 0. The van der Waals surface area contributed by atoms with Gasteiger partial charge in [-0.05, 0) is 37.3 Å². The number of nitrogens with one attached hydrogen (secondary N) is 1. The molecule has 3 aliphatic heterocycles. The van der Waals surface area contributed by atoms with Crippen LogP contribution in [0.25, 0.3) is 10.9 Å². The van der Waals surface area contributed by atoms with Gasteiger partial charge in [0.25, 0.3) is 0 Å². The third-order valence-electron chi connectivity index (χ3n) is 7.47. The molecule has 0 radical (unpaired) electrons. The largest absolute Gasteiger partial charge is 0.489 e. The van der Waals surface area contributed by atoms with E-state index in [1.54, 1.807) is 6.20 Å². The molecule has 0 aliphatic carbocycles. The van der Waals surface area contributed by atoms with Crippen molar-refractivity contribution in [3.63, 3.8) is 0 Å². The molecule has 2 fully saturated rings. The number of ether oxygens (including phenoxy) is 1. The third kappa shape index (κ3) is 3.64. The molecule has 0 spiro atoms. The summed E-state index contributed by atoms with van der Waals surface area (Å²) in [5.41, 5.74) is 5.07. The van der Waals surface area contributed by atoms with Gasteiger partial charge in [0, 0.05) is 74.7 Å². The minimum Gasteiger partial charge on any atom is -0.489 e. The molecule has 0 bridgehead atoms. The molecule has 7 nitrogen and oxygen atoms in total. The Morgan fingerprint density at radius 2 is 1.91 bits per heavy atom. The average molecular weight is 455 g/mol. The Morgan fingerprint density at radius 1 is 1.03 bits per heavy atom. The van der Waals surface area contributed by atoms with Crippen LogP contribution in [0.15, 0.2) is 48.7 Å². The first-order valence-corrected chi connectivity index (χ1v) is 12.2. The van der Waals surface area contributed by atoms with E-state index < -0.39 is 0 Å². The monoisotopic (exact) mass is 454 g/mol. The molecule has 1 aromatic heterocycles. The number of piperazine rings is 2. The summed E-state index contributed by atoms with van der Waals surface area (Å²) in [6.45, 7) is 9.75. The average Bonchev–Trinajstić information content (AvgIpc) is 3.08. The van der Waals surface area contributed by atoms with Crippen molar-refractivity contribution in [2.45, 2.75) is 25.6 Å². The quantitative estimate of drug-likeness (QED) is 0.639. The Balaban J connectivity index is 1.30. The van der Waals surface area contributed by atoms with E-state index in [-0.39, 0.29) is 6.04 Å². The van der Waals surface area contributed by atoms with Crippen LogP contribution in [-0.2, 0) is 6.54 Å². The number of fused-ring (bicyclic) bond motifs is 3. The predicted octanol–water partition coefficient (Wildman–Crippen LogP) is 2.99. The highest BCUT2D eigenvalue weighted by Gasteiger charge is 2.36. The zero-order valence-electron chi connectivity index (χ0n) is 19.6. The number of hydrogen-bond acceptors (Lipinski definition) is 7. The SMILES string of the molecule is CC1CN(c2ccc(C#N)c3ncccc23)CC2COc3c(cccc3N3CCNCC3)CN12. The van der Waals surface area contributed by atoms with Gasteiger partial charge in [-0.2, -0.15) is 5.26 Å². The van der Waals surface area contributed by atoms with Crippen molar-refractivity contribution in [1.82, 2.24) is 15.2 Å². The number of nitriles is 1. The van der Waals surface area contributed by atoms with Gasteiger partial charge in [0.05, 0.1) is 22.8 Å². The topological polar surface area (TPSA) is 67.7 Å². The van der Waals surface area contributed by atoms with Gasteiger partial charge < -0.3 is 19.9 Å². The van der Waals surface area contributed by atoms with E-state index in [2.05, 4.69) is 68.3 Å². The molecule has 6 rings (SSSR count). The lowest BCUT2D eigenvalue weighted by Gasteiger charge is -2.45. The van der Waals surface area contributed by atoms with Gasteiger partial charge in [0.2, 0.25) is 0 Å². The standard InChI is InChI=1S/C27H30N6O/c1-19-15-32(24-8-7-20(14-28)26-23(24)5-3-9-30-26)17-22-18-34-27-21(16-33(19)22)4-2-6-25(27)31-12-10-29-11-13-31/h2-9,19,22,29H,10-13,15-18H2,1H3. The number of hydrogen-bond donors (Lipinski definition) is 1. The number of nitrogens with zero attached hydrogens (tertiary/aromatic N) is 5. The first-order valence-electron chi connectivity index (χ1n) is 12.2. The summed E-state index contributed by atoms with van der Waals surface area (Å²) in [6, 6.07) is 17.6. The van der Waals surface area contributed by atoms with E-state index in [9.17, 15) is 5.26 Å². The van der Waals surface area contributed by atoms with Crippen LogP contribution in [0.3, 0.4) is 0 Å². The van der Waals surface area contributed by atoms with Crippen molar-refractivity contribution < 1.29 is 4.74 Å². The highest BCUT2D eigenvalue weighted by molar-refractivity contribution is 5.95. The predicted molar refractivity (Wildman–Crippen MR) is 134 cm³/mol. The maximum Gasteiger partial charge on any atom is 0.147 e. The van der Waals surface area contributed by atoms with E-state index in [0.717, 1.165) is 68.2 Å². The van der Waals surface area contributed by atoms with Crippen LogP contribution in [0.1, 0.15) is 18.1 Å². The second-order valence-electron chi connectivity index (χ2n) is 9.54. The number of anilines is 2. The van der Waals surface area contributed by atoms with E-state index in [0.29, 0.717) is 18.2 Å². The van der Waals surface area contributed by atoms with Crippen LogP contribution in [0.4, 0.5) is 11.4 Å². The van der Waals surface area contributed by atoms with Crippen LogP contribution in [0.2, 0.25) is 0 Å². The van der Waals surface area contributed by atoms with E-state index in [1.807, 2.05) is 12.1 Å². The van der Waals surface area contributed by atoms with E-state index in [1.165, 1.54) is 11.3 Å². The van der Waals surface area contributed by atoms with Gasteiger partial charge >= 0.3 is 0 Å². The maximum absolute atomic E-state index is 9.53. The van der Waals surface area contributed by atoms with Gasteiger partial charge in [-0.25, -0.2) is 0 Å². The fraction of sp³-hybridized carbons (Fsp3) is 0.407. The molecule has 2 aromatic carbocycles. The molecule has 2 unspecified atom stereocenters. The third-order valence-corrected chi connectivity index (χ3v) is 7.47. The van der Waals surface area contributed by atoms with Crippen LogP contribution < -0.4 is 19.9 Å². The normalized spacial score (nSPS) is 22.9. The Bertz CT molecular complexity index is 1250. The minimum absolute atomic E-state index is 0.286. The number of pyridine rings is 1. The van der Waals surface area contributed by atoms with E-state index in [4.69, 9.17) is 4.74 Å². The molecule has 3 aromatic rings. The molecular formula is C27H30N6O. The highest BCUT2D eigenvalue weighted by atomic mass is 16.5. The zero-order valence-corrected chi connectivity index (χ0v) is 19.6. The molecule has 0 saturated carbocycles. The Labute approximate surface area is 200 Å². The maximum atomic E-state index is 9.53. The zero-order chi connectivity index (χ0) is 23.1. The molecular weight excluding hydrogens is 424 g/mol. The lowest BCUT2D eigenvalue weighted by Crippen LogP contribution is -2.58. The van der Waals surface area contributed by atoms with Crippen molar-refractivity contribution in [3.05, 3.63) is 59.8 Å². The van der Waals surface area contributed by atoms with Crippen LogP contribution in [0.5, 0.6) is 5.75 Å². The summed E-state index contributed by atoms with van der Waals surface area (Å²) in [5, 5.41) is 14.0. The minimum atomic E-state index is 0.286. The van der Waals surface area contributed by atoms with Gasteiger partial charge in [0.15, 0.2) is 0 Å². The lowest BCUT2D eigenvalue weighted by atomic mass is 10.0. The number of aromatic nitrogens is 1. The second kappa shape index (κ2) is 8.79. The van der Waals surface area contributed by atoms with Gasteiger partial charge in [-0.15, -0.1) is 0 Å². The smallest absolute Gasteiger partial charge is 0.147 e. The number of para-hydroxylation sites is 1. The summed E-state index contributed by atoms with van der Waals surface area (Å²) < 4.78 is 6.57. The molecule has 2 saturated heterocycles. The summed E-state index contributed by atoms with van der Waals surface area (Å²) in [6.07, 6.45) is 1.76. The molecule has 3 aliphatic rings. The second-order valence-corrected chi connectivity index (χ2v) is 9.54. The molecule has 7 heteroatoms. The fourth-order valence-corrected chi connectivity index (χ4v) is 5.76. The number of rotatable bonds is 2. The molecule has 2 atom stereocenters. The fourth-order valence-electron chi connectivity index (χ4n) is 5.76. The molecule has 1 N–H and O–H groups in total. The van der Waals surface area contributed by atoms with Crippen LogP contribution >= 0.6 is 0 Å². The Morgan fingerprint density at radius 3 is 2.76 bits per heavy atom.